The van der Waals surface area contributed by atoms with E-state index in [0.29, 0.717) is 5.02 Å². The molecule has 0 saturated heterocycles. The molecule has 0 unspecified atom stereocenters. The minimum Gasteiger partial charge on any atom is -0.341 e. The number of nitrogens with two attached hydrogens (primary N) is 1. The van der Waals surface area contributed by atoms with E-state index in [9.17, 15) is 9.59 Å². The molecule has 1 atom stereocenters. The van der Waals surface area contributed by atoms with Crippen molar-refractivity contribution < 1.29 is 14.9 Å². The summed E-state index contributed by atoms with van der Waals surface area (Å²) in [7, 11) is 1.46. The van der Waals surface area contributed by atoms with Crippen molar-refractivity contribution in [1.29, 1.82) is 0 Å². The van der Waals surface area contributed by atoms with Crippen LogP contribution in [0.25, 0.3) is 0 Å². The Balaban J connectivity index is 2.44. The molecule has 0 heterocycles. The average Bonchev–Trinajstić information content (AvgIpc) is 2.35. The van der Waals surface area contributed by atoms with Gasteiger partial charge in [0.2, 0.25) is 0 Å². The number of rotatable bonds is 4. The molecule has 1 aromatic rings. The fourth-order valence-corrected chi connectivity index (χ4v) is 1.65. The highest BCUT2D eigenvalue weighted by Gasteiger charge is 2.13. The molecule has 18 heavy (non-hydrogen) atoms. The van der Waals surface area contributed by atoms with Crippen molar-refractivity contribution in [3.63, 3.8) is 0 Å². The van der Waals surface area contributed by atoms with Crippen LogP contribution in [0.3, 0.4) is 0 Å². The summed E-state index contributed by atoms with van der Waals surface area (Å²) in [5.41, 5.74) is 1.04. The van der Waals surface area contributed by atoms with Gasteiger partial charge in [-0.05, 0) is 19.1 Å². The van der Waals surface area contributed by atoms with Crippen molar-refractivity contribution >= 4 is 23.5 Å². The molecule has 4 N–H and O–H groups in total. The minimum atomic E-state index is -0.496. The Morgan fingerprint density at radius 3 is 2.78 bits per heavy atom. The smallest absolute Gasteiger partial charge is 0.321 e. The van der Waals surface area contributed by atoms with Crippen LogP contribution in [0.5, 0.6) is 0 Å². The molecule has 5 nitrogen and oxygen atoms in total. The molecule has 3 amide bonds. The molecule has 0 fully saturated rings. The van der Waals surface area contributed by atoms with Gasteiger partial charge in [-0.15, -0.1) is 0 Å². The van der Waals surface area contributed by atoms with Crippen LogP contribution in [-0.4, -0.2) is 25.5 Å². The van der Waals surface area contributed by atoms with Gasteiger partial charge in [-0.1, -0.05) is 23.7 Å². The predicted octanol–water partition coefficient (Wildman–Crippen LogP) is 0.420. The third-order valence-electron chi connectivity index (χ3n) is 2.51. The molecule has 0 aliphatic carbocycles. The molecule has 0 aliphatic heterocycles. The molecular formula is C12H17ClN3O2+. The van der Waals surface area contributed by atoms with Gasteiger partial charge in [0.25, 0.3) is 5.91 Å². The van der Waals surface area contributed by atoms with E-state index < -0.39 is 6.03 Å². The van der Waals surface area contributed by atoms with Gasteiger partial charge in [0.15, 0.2) is 6.54 Å². The fourth-order valence-electron chi connectivity index (χ4n) is 1.45. The second-order valence-corrected chi connectivity index (χ2v) is 4.35. The van der Waals surface area contributed by atoms with Crippen molar-refractivity contribution in [2.75, 3.05) is 13.6 Å². The fraction of sp³-hybridized carbons (Fsp3) is 0.333. The number of halogens is 1. The van der Waals surface area contributed by atoms with E-state index in [4.69, 9.17) is 11.6 Å². The van der Waals surface area contributed by atoms with E-state index in [0.717, 1.165) is 5.56 Å². The first kappa shape index (κ1) is 14.5. The summed E-state index contributed by atoms with van der Waals surface area (Å²) in [4.78, 5) is 22.3. The van der Waals surface area contributed by atoms with Crippen LogP contribution in [0.4, 0.5) is 4.79 Å². The van der Waals surface area contributed by atoms with Gasteiger partial charge >= 0.3 is 6.03 Å². The lowest BCUT2D eigenvalue weighted by Crippen LogP contribution is -2.87. The SMILES string of the molecule is CNC(=O)NC(=O)C[NH2+][C@@H](C)c1cccc(Cl)c1. The zero-order chi connectivity index (χ0) is 13.5. The van der Waals surface area contributed by atoms with Crippen LogP contribution in [0, 0.1) is 0 Å². The zero-order valence-electron chi connectivity index (χ0n) is 10.4. The summed E-state index contributed by atoms with van der Waals surface area (Å²) in [6.07, 6.45) is 0. The summed E-state index contributed by atoms with van der Waals surface area (Å²) in [5.74, 6) is -0.330. The maximum absolute atomic E-state index is 11.4. The van der Waals surface area contributed by atoms with Crippen molar-refractivity contribution in [1.82, 2.24) is 10.6 Å². The first-order valence-corrected chi connectivity index (χ1v) is 6.01. The second-order valence-electron chi connectivity index (χ2n) is 3.91. The highest BCUT2D eigenvalue weighted by Crippen LogP contribution is 2.14. The van der Waals surface area contributed by atoms with Gasteiger partial charge in [-0.25, -0.2) is 4.79 Å². The number of quaternary nitrogens is 1. The summed E-state index contributed by atoms with van der Waals surface area (Å²) >= 11 is 5.89. The van der Waals surface area contributed by atoms with E-state index >= 15 is 0 Å². The summed E-state index contributed by atoms with van der Waals surface area (Å²) in [6, 6.07) is 7.08. The molecule has 6 heteroatoms. The quantitative estimate of drug-likeness (QED) is 0.742. The van der Waals surface area contributed by atoms with Gasteiger partial charge < -0.3 is 10.6 Å². The predicted molar refractivity (Wildman–Crippen MR) is 69.3 cm³/mol. The molecule has 0 radical (unpaired) electrons. The van der Waals surface area contributed by atoms with Gasteiger partial charge in [0.1, 0.15) is 6.04 Å². The molecule has 0 spiro atoms. The Morgan fingerprint density at radius 1 is 1.44 bits per heavy atom. The highest BCUT2D eigenvalue weighted by atomic mass is 35.5. The van der Waals surface area contributed by atoms with Crippen LogP contribution in [-0.2, 0) is 4.79 Å². The van der Waals surface area contributed by atoms with Crippen molar-refractivity contribution in [2.24, 2.45) is 0 Å². The third kappa shape index (κ3) is 4.73. The lowest BCUT2D eigenvalue weighted by atomic mass is 10.1. The third-order valence-corrected chi connectivity index (χ3v) is 2.75. The number of carbonyl (C=O) groups is 2. The average molecular weight is 271 g/mol. The molecule has 0 aromatic heterocycles. The van der Waals surface area contributed by atoms with E-state index in [1.807, 2.05) is 30.4 Å². The number of benzene rings is 1. The number of amides is 3. The lowest BCUT2D eigenvalue weighted by Gasteiger charge is -2.11. The topological polar surface area (TPSA) is 74.8 Å². The summed E-state index contributed by atoms with van der Waals surface area (Å²) in [5, 5.41) is 7.03. The van der Waals surface area contributed by atoms with Gasteiger partial charge in [-0.2, -0.15) is 0 Å². The molecule has 1 rings (SSSR count). The molecular weight excluding hydrogens is 254 g/mol. The van der Waals surface area contributed by atoms with Crippen molar-refractivity contribution in [3.05, 3.63) is 34.9 Å². The second kappa shape index (κ2) is 6.98. The Kier molecular flexibility index (Phi) is 5.61. The maximum Gasteiger partial charge on any atom is 0.321 e. The maximum atomic E-state index is 11.4. The number of hydrogen-bond donors (Lipinski definition) is 3. The Labute approximate surface area is 111 Å². The van der Waals surface area contributed by atoms with E-state index in [1.165, 1.54) is 7.05 Å². The molecule has 1 aromatic carbocycles. The van der Waals surface area contributed by atoms with E-state index in [2.05, 4.69) is 10.6 Å². The van der Waals surface area contributed by atoms with Crippen LogP contribution in [0.1, 0.15) is 18.5 Å². The molecule has 0 aliphatic rings. The number of urea groups is 1. The van der Waals surface area contributed by atoms with Crippen LogP contribution in [0.15, 0.2) is 24.3 Å². The Bertz CT molecular complexity index is 437. The highest BCUT2D eigenvalue weighted by molar-refractivity contribution is 6.30. The molecule has 0 bridgehead atoms. The Hall–Kier alpha value is -1.59. The van der Waals surface area contributed by atoms with Gasteiger partial charge in [0.05, 0.1) is 0 Å². The molecule has 98 valence electrons. The van der Waals surface area contributed by atoms with E-state index in [-0.39, 0.29) is 18.5 Å². The largest absolute Gasteiger partial charge is 0.341 e. The first-order chi connectivity index (χ1) is 8.52. The van der Waals surface area contributed by atoms with E-state index in [1.54, 1.807) is 6.07 Å². The van der Waals surface area contributed by atoms with Crippen LogP contribution in [0.2, 0.25) is 5.02 Å². The summed E-state index contributed by atoms with van der Waals surface area (Å²) < 4.78 is 0. The standard InChI is InChI=1S/C12H16ClN3O2/c1-8(9-4-3-5-10(13)6-9)15-7-11(17)16-12(18)14-2/h3-6,8,15H,7H2,1-2H3,(H2,14,16,17,18)/p+1/t8-/m0/s1. The minimum absolute atomic E-state index is 0.0964. The monoisotopic (exact) mass is 270 g/mol. The Morgan fingerprint density at radius 2 is 2.17 bits per heavy atom. The number of carbonyl (C=O) groups excluding carboxylic acids is 2. The first-order valence-electron chi connectivity index (χ1n) is 5.63. The number of imide groups is 1. The van der Waals surface area contributed by atoms with Crippen molar-refractivity contribution in [2.45, 2.75) is 13.0 Å². The lowest BCUT2D eigenvalue weighted by molar-refractivity contribution is -0.682. The van der Waals surface area contributed by atoms with Gasteiger partial charge in [0, 0.05) is 17.6 Å². The van der Waals surface area contributed by atoms with Crippen LogP contribution < -0.4 is 16.0 Å². The normalized spacial score (nSPS) is 11.7. The molecule has 0 saturated carbocycles. The number of nitrogens with one attached hydrogen (secondary N) is 2. The van der Waals surface area contributed by atoms with Crippen LogP contribution >= 0.6 is 11.6 Å². The zero-order valence-corrected chi connectivity index (χ0v) is 11.1. The number of hydrogen-bond acceptors (Lipinski definition) is 2. The van der Waals surface area contributed by atoms with Gasteiger partial charge in [-0.3, -0.25) is 10.1 Å². The summed E-state index contributed by atoms with van der Waals surface area (Å²) in [6.45, 7) is 2.15. The van der Waals surface area contributed by atoms with Crippen molar-refractivity contribution in [3.8, 4) is 0 Å².